The van der Waals surface area contributed by atoms with Gasteiger partial charge in [0, 0.05) is 11.6 Å². The van der Waals surface area contributed by atoms with E-state index in [0.29, 0.717) is 24.9 Å². The van der Waals surface area contributed by atoms with Crippen molar-refractivity contribution >= 4 is 15.7 Å². The van der Waals surface area contributed by atoms with Crippen molar-refractivity contribution < 1.29 is 13.2 Å². The molecule has 2 rings (SSSR count). The first-order chi connectivity index (χ1) is 9.50. The summed E-state index contributed by atoms with van der Waals surface area (Å²) in [7, 11) is -2.89. The lowest BCUT2D eigenvalue weighted by molar-refractivity contribution is 0.0934. The van der Waals surface area contributed by atoms with Crippen molar-refractivity contribution in [1.29, 1.82) is 0 Å². The molecule has 0 unspecified atom stereocenters. The maximum absolute atomic E-state index is 12.1. The van der Waals surface area contributed by atoms with Gasteiger partial charge in [-0.1, -0.05) is 12.1 Å². The molecule has 110 valence electrons. The molecular weight excluding hydrogens is 276 g/mol. The number of hydrogen-bond donors (Lipinski definition) is 2. The molecular formula is C14H20N2O3S. The SMILES string of the molecule is NCCc1ccc(C(=O)NC2CCS(=O)(=O)CC2)cc1. The zero-order valence-corrected chi connectivity index (χ0v) is 12.2. The number of amides is 1. The zero-order chi connectivity index (χ0) is 14.6. The molecule has 3 N–H and O–H groups in total. The Hall–Kier alpha value is -1.40. The van der Waals surface area contributed by atoms with Crippen LogP contribution in [0.15, 0.2) is 24.3 Å². The maximum Gasteiger partial charge on any atom is 0.251 e. The summed E-state index contributed by atoms with van der Waals surface area (Å²) in [6, 6.07) is 7.30. The fraction of sp³-hybridized carbons (Fsp3) is 0.500. The quantitative estimate of drug-likeness (QED) is 0.846. The summed E-state index contributed by atoms with van der Waals surface area (Å²) in [5, 5.41) is 2.90. The Balaban J connectivity index is 1.91. The van der Waals surface area contributed by atoms with Gasteiger partial charge in [-0.2, -0.15) is 0 Å². The van der Waals surface area contributed by atoms with Gasteiger partial charge in [0.2, 0.25) is 0 Å². The van der Waals surface area contributed by atoms with Crippen LogP contribution in [0.1, 0.15) is 28.8 Å². The van der Waals surface area contributed by atoms with Crippen molar-refractivity contribution in [2.24, 2.45) is 5.73 Å². The van der Waals surface area contributed by atoms with E-state index in [1.165, 1.54) is 0 Å². The molecule has 1 amide bonds. The van der Waals surface area contributed by atoms with Gasteiger partial charge in [-0.15, -0.1) is 0 Å². The smallest absolute Gasteiger partial charge is 0.251 e. The highest BCUT2D eigenvalue weighted by atomic mass is 32.2. The monoisotopic (exact) mass is 296 g/mol. The molecule has 0 aliphatic carbocycles. The fourth-order valence-corrected chi connectivity index (χ4v) is 3.78. The first-order valence-electron chi connectivity index (χ1n) is 6.80. The van der Waals surface area contributed by atoms with Crippen LogP contribution in [-0.2, 0) is 16.3 Å². The van der Waals surface area contributed by atoms with Gasteiger partial charge in [-0.25, -0.2) is 8.42 Å². The number of benzene rings is 1. The second kappa shape index (κ2) is 6.37. The van der Waals surface area contributed by atoms with E-state index in [1.807, 2.05) is 12.1 Å². The third-order valence-electron chi connectivity index (χ3n) is 3.54. The van der Waals surface area contributed by atoms with Gasteiger partial charge in [0.25, 0.3) is 5.91 Å². The van der Waals surface area contributed by atoms with E-state index in [4.69, 9.17) is 5.73 Å². The van der Waals surface area contributed by atoms with Crippen molar-refractivity contribution in [3.05, 3.63) is 35.4 Å². The van der Waals surface area contributed by atoms with Crippen molar-refractivity contribution in [2.45, 2.75) is 25.3 Å². The molecule has 0 aromatic heterocycles. The van der Waals surface area contributed by atoms with Gasteiger partial charge in [-0.3, -0.25) is 4.79 Å². The molecule has 0 spiro atoms. The third-order valence-corrected chi connectivity index (χ3v) is 5.25. The molecule has 1 aliphatic heterocycles. The van der Waals surface area contributed by atoms with Crippen LogP contribution in [0.4, 0.5) is 0 Å². The Bertz CT molecular complexity index is 553. The molecule has 1 aromatic carbocycles. The topological polar surface area (TPSA) is 89.3 Å². The first-order valence-corrected chi connectivity index (χ1v) is 8.62. The van der Waals surface area contributed by atoms with E-state index < -0.39 is 9.84 Å². The lowest BCUT2D eigenvalue weighted by Crippen LogP contribution is -2.40. The predicted octanol–water partition coefficient (Wildman–Crippen LogP) is 0.495. The van der Waals surface area contributed by atoms with Crippen molar-refractivity contribution in [3.63, 3.8) is 0 Å². The summed E-state index contributed by atoms with van der Waals surface area (Å²) in [5.74, 6) is 0.175. The average Bonchev–Trinajstić information content (AvgIpc) is 2.42. The van der Waals surface area contributed by atoms with Crippen LogP contribution in [0.3, 0.4) is 0 Å². The summed E-state index contributed by atoms with van der Waals surface area (Å²) in [6.45, 7) is 0.585. The Morgan fingerprint density at radius 3 is 2.35 bits per heavy atom. The van der Waals surface area contributed by atoms with Crippen LogP contribution in [0.2, 0.25) is 0 Å². The molecule has 6 heteroatoms. The summed E-state index contributed by atoms with van der Waals surface area (Å²) >= 11 is 0. The highest BCUT2D eigenvalue weighted by molar-refractivity contribution is 7.91. The molecule has 1 aliphatic rings. The van der Waals surface area contributed by atoms with Crippen LogP contribution >= 0.6 is 0 Å². The van der Waals surface area contributed by atoms with Crippen molar-refractivity contribution in [1.82, 2.24) is 5.32 Å². The highest BCUT2D eigenvalue weighted by Gasteiger charge is 2.24. The number of nitrogens with one attached hydrogen (secondary N) is 1. The molecule has 1 saturated heterocycles. The number of carbonyl (C=O) groups is 1. The molecule has 0 saturated carbocycles. The van der Waals surface area contributed by atoms with Gasteiger partial charge in [-0.05, 0) is 43.5 Å². The minimum atomic E-state index is -2.89. The van der Waals surface area contributed by atoms with Crippen LogP contribution in [0.25, 0.3) is 0 Å². The summed E-state index contributed by atoms with van der Waals surface area (Å²) in [5.41, 5.74) is 7.18. The van der Waals surface area contributed by atoms with Gasteiger partial charge in [0.05, 0.1) is 11.5 Å². The standard InChI is InChI=1S/C14H20N2O3S/c15-8-5-11-1-3-12(4-2-11)14(17)16-13-6-9-20(18,19)10-7-13/h1-4,13H,5-10,15H2,(H,16,17). The Kier molecular flexibility index (Phi) is 4.77. The first kappa shape index (κ1) is 15.0. The average molecular weight is 296 g/mol. The van der Waals surface area contributed by atoms with E-state index in [2.05, 4.69) is 5.32 Å². The van der Waals surface area contributed by atoms with Crippen LogP contribution in [0, 0.1) is 0 Å². The third kappa shape index (κ3) is 4.05. The summed E-state index contributed by atoms with van der Waals surface area (Å²) < 4.78 is 22.7. The Morgan fingerprint density at radius 1 is 1.20 bits per heavy atom. The van der Waals surface area contributed by atoms with Crippen LogP contribution < -0.4 is 11.1 Å². The normalized spacial score (nSPS) is 18.6. The van der Waals surface area contributed by atoms with Gasteiger partial charge >= 0.3 is 0 Å². The number of carbonyl (C=O) groups excluding carboxylic acids is 1. The number of nitrogens with two attached hydrogens (primary N) is 1. The van der Waals surface area contributed by atoms with E-state index >= 15 is 0 Å². The predicted molar refractivity (Wildman–Crippen MR) is 78.3 cm³/mol. The number of sulfone groups is 1. The second-order valence-corrected chi connectivity index (χ2v) is 7.44. The Labute approximate surface area is 119 Å². The molecule has 20 heavy (non-hydrogen) atoms. The molecule has 0 atom stereocenters. The van der Waals surface area contributed by atoms with E-state index in [1.54, 1.807) is 12.1 Å². The minimum absolute atomic E-state index is 0.0465. The van der Waals surface area contributed by atoms with Crippen molar-refractivity contribution in [2.75, 3.05) is 18.1 Å². The molecule has 1 heterocycles. The molecule has 0 radical (unpaired) electrons. The van der Waals surface area contributed by atoms with Gasteiger partial charge in [0.15, 0.2) is 0 Å². The number of rotatable bonds is 4. The van der Waals surface area contributed by atoms with Crippen LogP contribution in [-0.4, -0.2) is 38.4 Å². The zero-order valence-electron chi connectivity index (χ0n) is 11.3. The van der Waals surface area contributed by atoms with Crippen LogP contribution in [0.5, 0.6) is 0 Å². The lowest BCUT2D eigenvalue weighted by atomic mass is 10.1. The van der Waals surface area contributed by atoms with E-state index in [9.17, 15) is 13.2 Å². The second-order valence-electron chi connectivity index (χ2n) is 5.14. The van der Waals surface area contributed by atoms with Gasteiger partial charge in [0.1, 0.15) is 9.84 Å². The summed E-state index contributed by atoms with van der Waals surface area (Å²) in [6.07, 6.45) is 1.79. The highest BCUT2D eigenvalue weighted by Crippen LogP contribution is 2.13. The van der Waals surface area contributed by atoms with Gasteiger partial charge < -0.3 is 11.1 Å². The minimum Gasteiger partial charge on any atom is -0.349 e. The fourth-order valence-electron chi connectivity index (χ4n) is 2.29. The lowest BCUT2D eigenvalue weighted by Gasteiger charge is -2.23. The molecule has 1 fully saturated rings. The molecule has 1 aromatic rings. The number of hydrogen-bond acceptors (Lipinski definition) is 4. The van der Waals surface area contributed by atoms with E-state index in [-0.39, 0.29) is 23.5 Å². The Morgan fingerprint density at radius 2 is 1.80 bits per heavy atom. The summed E-state index contributed by atoms with van der Waals surface area (Å²) in [4.78, 5) is 12.1. The van der Waals surface area contributed by atoms with E-state index in [0.717, 1.165) is 12.0 Å². The van der Waals surface area contributed by atoms with Crippen molar-refractivity contribution in [3.8, 4) is 0 Å². The molecule has 0 bridgehead atoms. The molecule has 5 nitrogen and oxygen atoms in total. The largest absolute Gasteiger partial charge is 0.349 e. The maximum atomic E-state index is 12.1.